The number of nitro benzene ring substituents is 1. The summed E-state index contributed by atoms with van der Waals surface area (Å²) < 4.78 is 24.4. The number of carbonyl (C=O) groups excluding carboxylic acids is 1. The number of thiazole rings is 2. The van der Waals surface area contributed by atoms with Gasteiger partial charge in [-0.2, -0.15) is 0 Å². The highest BCUT2D eigenvalue weighted by Crippen LogP contribution is 2.36. The second kappa shape index (κ2) is 9.71. The van der Waals surface area contributed by atoms with Gasteiger partial charge in [0, 0.05) is 22.4 Å². The van der Waals surface area contributed by atoms with Crippen LogP contribution in [0.5, 0.6) is 11.5 Å². The lowest BCUT2D eigenvalue weighted by Gasteiger charge is -2.12. The molecule has 2 heterocycles. The van der Waals surface area contributed by atoms with Crippen LogP contribution in [-0.4, -0.2) is 27.9 Å². The smallest absolute Gasteiger partial charge is 0.286 e. The average molecular weight is 487 g/mol. The quantitative estimate of drug-likeness (QED) is 0.270. The zero-order valence-electron chi connectivity index (χ0n) is 17.0. The van der Waals surface area contributed by atoms with Gasteiger partial charge in [-0.15, -0.1) is 22.7 Å². The summed E-state index contributed by atoms with van der Waals surface area (Å²) in [5.74, 6) is -0.894. The van der Waals surface area contributed by atoms with E-state index in [0.29, 0.717) is 17.0 Å². The fraction of sp³-hybridized carbons (Fsp3) is 0.0952. The minimum Gasteiger partial charge on any atom is -0.493 e. The molecule has 1 amide bonds. The minimum atomic E-state index is -0.744. The molecule has 0 aliphatic rings. The number of nitrogens with one attached hydrogen (secondary N) is 1. The van der Waals surface area contributed by atoms with Crippen molar-refractivity contribution in [2.24, 2.45) is 0 Å². The van der Waals surface area contributed by atoms with Crippen molar-refractivity contribution >= 4 is 39.4 Å². The first kappa shape index (κ1) is 22.3. The third-order valence-electron chi connectivity index (χ3n) is 4.43. The SMILES string of the molecule is COc1cc(C(=O)Nc2nc(-c3cccc(F)c3)cs2)c([N+](=O)[O-])cc1OCc1cscn1. The highest BCUT2D eigenvalue weighted by molar-refractivity contribution is 7.14. The number of nitrogens with zero attached hydrogens (tertiary/aromatic N) is 3. The first-order valence-electron chi connectivity index (χ1n) is 9.33. The van der Waals surface area contributed by atoms with Crippen LogP contribution < -0.4 is 14.8 Å². The van der Waals surface area contributed by atoms with Crippen LogP contribution in [0.3, 0.4) is 0 Å². The predicted octanol–water partition coefficient (Wildman–Crippen LogP) is 5.15. The Morgan fingerprint density at radius 2 is 2.09 bits per heavy atom. The lowest BCUT2D eigenvalue weighted by atomic mass is 10.1. The molecular weight excluding hydrogens is 471 g/mol. The van der Waals surface area contributed by atoms with Gasteiger partial charge in [-0.3, -0.25) is 20.2 Å². The molecule has 0 saturated heterocycles. The van der Waals surface area contributed by atoms with E-state index in [1.54, 1.807) is 28.4 Å². The molecule has 0 spiro atoms. The van der Waals surface area contributed by atoms with E-state index in [-0.39, 0.29) is 28.8 Å². The molecular formula is C21H15FN4O5S2. The molecule has 0 bridgehead atoms. The van der Waals surface area contributed by atoms with Gasteiger partial charge in [0.15, 0.2) is 16.6 Å². The Kier molecular flexibility index (Phi) is 6.56. The summed E-state index contributed by atoms with van der Waals surface area (Å²) in [4.78, 5) is 32.2. The molecule has 0 radical (unpaired) electrons. The van der Waals surface area contributed by atoms with Crippen LogP contribution in [0.1, 0.15) is 16.1 Å². The lowest BCUT2D eigenvalue weighted by molar-refractivity contribution is -0.385. The highest BCUT2D eigenvalue weighted by Gasteiger charge is 2.25. The molecule has 0 unspecified atom stereocenters. The van der Waals surface area contributed by atoms with E-state index in [1.807, 2.05) is 0 Å². The Labute approximate surface area is 194 Å². The summed E-state index contributed by atoms with van der Waals surface area (Å²) in [6.07, 6.45) is 0. The number of amides is 1. The topological polar surface area (TPSA) is 116 Å². The second-order valence-corrected chi connectivity index (χ2v) is 8.12. The van der Waals surface area contributed by atoms with Crippen LogP contribution in [0.25, 0.3) is 11.3 Å². The van der Waals surface area contributed by atoms with Gasteiger partial charge in [-0.05, 0) is 12.1 Å². The van der Waals surface area contributed by atoms with E-state index in [1.165, 1.54) is 36.6 Å². The maximum absolute atomic E-state index is 13.5. The van der Waals surface area contributed by atoms with Gasteiger partial charge < -0.3 is 9.47 Å². The number of methoxy groups -OCH3 is 1. The number of rotatable bonds is 8. The van der Waals surface area contributed by atoms with Crippen LogP contribution in [0.15, 0.2) is 52.7 Å². The molecule has 0 aliphatic carbocycles. The summed E-state index contributed by atoms with van der Waals surface area (Å²) in [5, 5.41) is 17.8. The van der Waals surface area contributed by atoms with E-state index in [0.717, 1.165) is 17.4 Å². The summed E-state index contributed by atoms with van der Waals surface area (Å²) in [6.45, 7) is 0.0878. The predicted molar refractivity (Wildman–Crippen MR) is 122 cm³/mol. The van der Waals surface area contributed by atoms with Gasteiger partial charge in [0.1, 0.15) is 18.0 Å². The Morgan fingerprint density at radius 3 is 2.79 bits per heavy atom. The number of nitro groups is 1. The van der Waals surface area contributed by atoms with Crippen molar-refractivity contribution in [2.75, 3.05) is 12.4 Å². The molecule has 0 atom stereocenters. The van der Waals surface area contributed by atoms with Gasteiger partial charge in [-0.25, -0.2) is 14.4 Å². The third-order valence-corrected chi connectivity index (χ3v) is 5.82. The van der Waals surface area contributed by atoms with Crippen molar-refractivity contribution in [1.82, 2.24) is 9.97 Å². The number of anilines is 1. The number of hydrogen-bond donors (Lipinski definition) is 1. The average Bonchev–Trinajstić information content (AvgIpc) is 3.49. The summed E-state index contributed by atoms with van der Waals surface area (Å²) in [5.41, 5.74) is 2.63. The minimum absolute atomic E-state index is 0.0878. The number of carbonyl (C=O) groups is 1. The van der Waals surface area contributed by atoms with E-state index < -0.39 is 22.3 Å². The molecule has 0 aliphatic heterocycles. The van der Waals surface area contributed by atoms with Crippen LogP contribution in [-0.2, 0) is 6.61 Å². The molecule has 1 N–H and O–H groups in total. The van der Waals surface area contributed by atoms with E-state index in [9.17, 15) is 19.3 Å². The first-order chi connectivity index (χ1) is 15.9. The van der Waals surface area contributed by atoms with Gasteiger partial charge >= 0.3 is 0 Å². The maximum Gasteiger partial charge on any atom is 0.286 e. The standard InChI is InChI=1S/C21H15FN4O5S2/c1-30-18-6-15(17(26(28)29)7-19(18)31-8-14-9-32-11-23-14)20(27)25-21-24-16(10-33-21)12-3-2-4-13(22)5-12/h2-7,9-11H,8H2,1H3,(H,24,25,27). The molecule has 168 valence electrons. The largest absolute Gasteiger partial charge is 0.493 e. The zero-order valence-corrected chi connectivity index (χ0v) is 18.6. The molecule has 0 fully saturated rings. The van der Waals surface area contributed by atoms with Crippen LogP contribution in [0.2, 0.25) is 0 Å². The molecule has 2 aromatic carbocycles. The normalized spacial score (nSPS) is 10.6. The van der Waals surface area contributed by atoms with Crippen molar-refractivity contribution in [1.29, 1.82) is 0 Å². The second-order valence-electron chi connectivity index (χ2n) is 6.55. The number of benzene rings is 2. The molecule has 4 rings (SSSR count). The van der Waals surface area contributed by atoms with Crippen LogP contribution in [0.4, 0.5) is 15.2 Å². The molecule has 4 aromatic rings. The zero-order chi connectivity index (χ0) is 23.4. The number of ether oxygens (including phenoxy) is 2. The molecule has 33 heavy (non-hydrogen) atoms. The fourth-order valence-corrected chi connectivity index (χ4v) is 4.15. The summed E-state index contributed by atoms with van der Waals surface area (Å²) >= 11 is 2.50. The van der Waals surface area contributed by atoms with Gasteiger partial charge in [-0.1, -0.05) is 12.1 Å². The van der Waals surface area contributed by atoms with Crippen molar-refractivity contribution < 1.29 is 23.6 Å². The van der Waals surface area contributed by atoms with Gasteiger partial charge in [0.05, 0.1) is 35.0 Å². The number of halogens is 1. The van der Waals surface area contributed by atoms with Crippen molar-refractivity contribution in [3.8, 4) is 22.8 Å². The molecule has 2 aromatic heterocycles. The third kappa shape index (κ3) is 5.13. The maximum atomic E-state index is 13.5. The first-order valence-corrected chi connectivity index (χ1v) is 11.2. The van der Waals surface area contributed by atoms with Crippen molar-refractivity contribution in [3.05, 3.63) is 79.9 Å². The fourth-order valence-electron chi connectivity index (χ4n) is 2.89. The number of hydrogen-bond acceptors (Lipinski definition) is 9. The number of aromatic nitrogens is 2. The van der Waals surface area contributed by atoms with Crippen LogP contribution in [0, 0.1) is 15.9 Å². The lowest BCUT2D eigenvalue weighted by Crippen LogP contribution is -2.14. The summed E-state index contributed by atoms with van der Waals surface area (Å²) in [6, 6.07) is 8.25. The van der Waals surface area contributed by atoms with Crippen molar-refractivity contribution in [3.63, 3.8) is 0 Å². The molecule has 9 nitrogen and oxygen atoms in total. The molecule has 0 saturated carbocycles. The Hall–Kier alpha value is -3.90. The Bertz CT molecular complexity index is 1310. The Balaban J connectivity index is 1.58. The Morgan fingerprint density at radius 1 is 1.24 bits per heavy atom. The van der Waals surface area contributed by atoms with Gasteiger partial charge in [0.25, 0.3) is 11.6 Å². The summed E-state index contributed by atoms with van der Waals surface area (Å²) in [7, 11) is 1.37. The van der Waals surface area contributed by atoms with E-state index in [4.69, 9.17) is 9.47 Å². The highest BCUT2D eigenvalue weighted by atomic mass is 32.1. The van der Waals surface area contributed by atoms with Gasteiger partial charge in [0.2, 0.25) is 0 Å². The molecule has 12 heteroatoms. The van der Waals surface area contributed by atoms with E-state index >= 15 is 0 Å². The van der Waals surface area contributed by atoms with Crippen molar-refractivity contribution in [2.45, 2.75) is 6.61 Å². The monoisotopic (exact) mass is 486 g/mol. The van der Waals surface area contributed by atoms with E-state index in [2.05, 4.69) is 15.3 Å². The van der Waals surface area contributed by atoms with Crippen LogP contribution >= 0.6 is 22.7 Å².